The number of carboxylic acid groups (broad SMARTS) is 1. The molecule has 1 N–H and O–H groups in total. The standard InChI is InChI=1S/C17H17IN2O3S/c1-2-12-9-13-15(24-12)19-10-20(18)16(13)23-14(17(21)22)8-11-6-4-3-5-7-11/h3-7,9,14H,2,8,10H2,1H3,(H,21,22). The number of carboxylic acids is 1. The van der Waals surface area contributed by atoms with E-state index in [4.69, 9.17) is 4.74 Å². The van der Waals surface area contributed by atoms with E-state index in [0.717, 1.165) is 21.9 Å². The Morgan fingerprint density at radius 3 is 2.88 bits per heavy atom. The predicted molar refractivity (Wildman–Crippen MR) is 101 cm³/mol. The molecule has 1 atom stereocenters. The normalized spacial score (nSPS) is 14.8. The van der Waals surface area contributed by atoms with E-state index in [9.17, 15) is 9.90 Å². The highest BCUT2D eigenvalue weighted by atomic mass is 127. The highest BCUT2D eigenvalue weighted by Crippen LogP contribution is 2.19. The number of carbonyl (C=O) groups is 1. The minimum Gasteiger partial charge on any atom is -0.478 e. The van der Waals surface area contributed by atoms with Crippen LogP contribution in [-0.2, 0) is 22.4 Å². The second-order valence-corrected chi connectivity index (χ2v) is 7.67. The van der Waals surface area contributed by atoms with Crippen LogP contribution in [0.5, 0.6) is 0 Å². The molecule has 0 bridgehead atoms. The third-order valence-corrected chi connectivity index (χ3v) is 5.65. The van der Waals surface area contributed by atoms with Crippen LogP contribution in [-0.4, -0.2) is 27.0 Å². The van der Waals surface area contributed by atoms with E-state index in [1.807, 2.05) is 39.5 Å². The van der Waals surface area contributed by atoms with Gasteiger partial charge in [0.2, 0.25) is 12.0 Å². The quantitative estimate of drug-likeness (QED) is 0.536. The number of fused-ring (bicyclic) bond motifs is 1. The number of aryl methyl sites for hydroxylation is 1. The molecule has 0 saturated carbocycles. The highest BCUT2D eigenvalue weighted by molar-refractivity contribution is 14.1. The minimum atomic E-state index is -0.967. The molecule has 24 heavy (non-hydrogen) atoms. The van der Waals surface area contributed by atoms with Gasteiger partial charge in [0.25, 0.3) is 0 Å². The van der Waals surface area contributed by atoms with Gasteiger partial charge in [0, 0.05) is 11.3 Å². The molecule has 0 amide bonds. The van der Waals surface area contributed by atoms with E-state index < -0.39 is 12.1 Å². The van der Waals surface area contributed by atoms with Crippen molar-refractivity contribution in [1.29, 1.82) is 0 Å². The number of rotatable bonds is 6. The van der Waals surface area contributed by atoms with Crippen LogP contribution in [0.3, 0.4) is 0 Å². The van der Waals surface area contributed by atoms with Gasteiger partial charge < -0.3 is 9.84 Å². The van der Waals surface area contributed by atoms with Crippen molar-refractivity contribution in [3.8, 4) is 0 Å². The Hall–Kier alpha value is -1.61. The summed E-state index contributed by atoms with van der Waals surface area (Å²) in [5.41, 5.74) is 0.936. The molecule has 5 nitrogen and oxygen atoms in total. The Morgan fingerprint density at radius 2 is 2.21 bits per heavy atom. The predicted octanol–water partition coefficient (Wildman–Crippen LogP) is 2.33. The average molecular weight is 456 g/mol. The maximum absolute atomic E-state index is 11.7. The molecule has 126 valence electrons. The van der Waals surface area contributed by atoms with Gasteiger partial charge in [0.15, 0.2) is 0 Å². The van der Waals surface area contributed by atoms with Crippen molar-refractivity contribution in [3.05, 3.63) is 56.7 Å². The fourth-order valence-electron chi connectivity index (χ4n) is 2.46. The summed E-state index contributed by atoms with van der Waals surface area (Å²) in [5, 5.41) is 10.5. The van der Waals surface area contributed by atoms with Crippen molar-refractivity contribution in [2.24, 2.45) is 4.99 Å². The minimum absolute atomic E-state index is 0.321. The molecule has 2 heterocycles. The molecule has 7 heteroatoms. The Morgan fingerprint density at radius 1 is 1.46 bits per heavy atom. The molecule has 1 aliphatic heterocycles. The largest absolute Gasteiger partial charge is 0.478 e. The molecule has 0 fully saturated rings. The molecule has 0 saturated heterocycles. The number of halogens is 1. The van der Waals surface area contributed by atoms with Crippen LogP contribution in [0.15, 0.2) is 41.4 Å². The molecule has 1 aliphatic rings. The maximum Gasteiger partial charge on any atom is 0.345 e. The highest BCUT2D eigenvalue weighted by Gasteiger charge is 2.25. The summed E-state index contributed by atoms with van der Waals surface area (Å²) in [7, 11) is 0. The van der Waals surface area contributed by atoms with Crippen molar-refractivity contribution < 1.29 is 14.6 Å². The van der Waals surface area contributed by atoms with Gasteiger partial charge in [-0.25, -0.2) is 4.79 Å². The second kappa shape index (κ2) is 7.52. The molecule has 0 aliphatic carbocycles. The SMILES string of the molecule is CCc1cc2c(s1)=NCN(I)C=2OC(Cc1ccccc1)C(=O)O. The monoisotopic (exact) mass is 456 g/mol. The molecular weight excluding hydrogens is 439 g/mol. The molecule has 3 rings (SSSR count). The van der Waals surface area contributed by atoms with Gasteiger partial charge in [0.05, 0.1) is 28.1 Å². The fourth-order valence-corrected chi connectivity index (χ4v) is 3.93. The van der Waals surface area contributed by atoms with Gasteiger partial charge in [-0.2, -0.15) is 0 Å². The number of thiophene rings is 1. The molecule has 1 aromatic heterocycles. The third-order valence-electron chi connectivity index (χ3n) is 3.69. The number of aliphatic carboxylic acids is 1. The number of nitrogens with zero attached hydrogens (tertiary/aromatic N) is 2. The van der Waals surface area contributed by atoms with Gasteiger partial charge >= 0.3 is 5.97 Å². The molecule has 1 aromatic carbocycles. The zero-order chi connectivity index (χ0) is 17.1. The molecule has 2 aromatic rings. The Labute approximate surface area is 157 Å². The van der Waals surface area contributed by atoms with Crippen molar-refractivity contribution in [2.45, 2.75) is 25.9 Å². The van der Waals surface area contributed by atoms with Crippen molar-refractivity contribution in [2.75, 3.05) is 6.67 Å². The van der Waals surface area contributed by atoms with Crippen LogP contribution in [0.2, 0.25) is 0 Å². The summed E-state index contributed by atoms with van der Waals surface area (Å²) in [6.45, 7) is 2.55. The second-order valence-electron chi connectivity index (χ2n) is 5.39. The van der Waals surface area contributed by atoms with Gasteiger partial charge in [-0.1, -0.05) is 37.3 Å². The summed E-state index contributed by atoms with van der Waals surface area (Å²) < 4.78 is 8.68. The smallest absolute Gasteiger partial charge is 0.345 e. The van der Waals surface area contributed by atoms with E-state index in [1.165, 1.54) is 4.88 Å². The fraction of sp³-hybridized carbons (Fsp3) is 0.294. The Bertz CT molecular complexity index is 850. The van der Waals surface area contributed by atoms with Gasteiger partial charge in [0.1, 0.15) is 11.3 Å². The first-order valence-electron chi connectivity index (χ1n) is 7.62. The van der Waals surface area contributed by atoms with Crippen molar-refractivity contribution in [1.82, 2.24) is 3.11 Å². The Balaban J connectivity index is 1.94. The van der Waals surface area contributed by atoms with E-state index in [-0.39, 0.29) is 0 Å². The molecule has 0 spiro atoms. The number of ether oxygens (including phenoxy) is 1. The van der Waals surface area contributed by atoms with E-state index >= 15 is 0 Å². The first-order valence-corrected chi connectivity index (χ1v) is 9.41. The van der Waals surface area contributed by atoms with Gasteiger partial charge in [-0.3, -0.25) is 8.11 Å². The van der Waals surface area contributed by atoms with E-state index in [0.29, 0.717) is 19.0 Å². The summed E-state index contributed by atoms with van der Waals surface area (Å²) >= 11 is 3.75. The Kier molecular flexibility index (Phi) is 5.40. The molecule has 1 unspecified atom stereocenters. The first-order chi connectivity index (χ1) is 11.6. The van der Waals surface area contributed by atoms with Crippen molar-refractivity contribution >= 4 is 46.1 Å². The van der Waals surface area contributed by atoms with Crippen LogP contribution >= 0.6 is 34.2 Å². The lowest BCUT2D eigenvalue weighted by Gasteiger charge is -2.24. The molecule has 0 radical (unpaired) electrons. The third kappa shape index (κ3) is 3.72. The summed E-state index contributed by atoms with van der Waals surface area (Å²) in [5.74, 6) is -0.383. The lowest BCUT2D eigenvalue weighted by molar-refractivity contribution is -0.146. The zero-order valence-corrected chi connectivity index (χ0v) is 16.1. The van der Waals surface area contributed by atoms with Crippen LogP contribution in [0.25, 0.3) is 5.88 Å². The van der Waals surface area contributed by atoms with Gasteiger partial charge in [-0.15, -0.1) is 11.3 Å². The van der Waals surface area contributed by atoms with Crippen molar-refractivity contribution in [3.63, 3.8) is 0 Å². The lowest BCUT2D eigenvalue weighted by Crippen LogP contribution is -2.38. The summed E-state index contributed by atoms with van der Waals surface area (Å²) in [6, 6.07) is 11.6. The van der Waals surface area contributed by atoms with Crippen LogP contribution in [0.1, 0.15) is 17.4 Å². The molecular formula is C17H17IN2O3S. The van der Waals surface area contributed by atoms with E-state index in [1.54, 1.807) is 11.3 Å². The van der Waals surface area contributed by atoms with Crippen LogP contribution < -0.4 is 9.89 Å². The lowest BCUT2D eigenvalue weighted by atomic mass is 10.1. The average Bonchev–Trinajstić information content (AvgIpc) is 3.01. The summed E-state index contributed by atoms with van der Waals surface area (Å²) in [4.78, 5) is 17.4. The van der Waals surface area contributed by atoms with E-state index in [2.05, 4.69) is 34.8 Å². The number of benzene rings is 1. The maximum atomic E-state index is 11.7. The number of hydrogen-bond acceptors (Lipinski definition) is 5. The van der Waals surface area contributed by atoms with Gasteiger partial charge in [-0.05, 0) is 18.1 Å². The first kappa shape index (κ1) is 17.2. The zero-order valence-electron chi connectivity index (χ0n) is 13.1. The number of hydrogen-bond donors (Lipinski definition) is 1. The topological polar surface area (TPSA) is 62.1 Å². The van der Waals surface area contributed by atoms with Crippen LogP contribution in [0.4, 0.5) is 0 Å². The van der Waals surface area contributed by atoms with Crippen LogP contribution in [0, 0.1) is 0 Å². The summed E-state index contributed by atoms with van der Waals surface area (Å²) in [6.07, 6.45) is 0.311.